The number of fused-ring (bicyclic) bond motifs is 2. The molecule has 4 heterocycles. The molecule has 1 aromatic heterocycles. The minimum atomic E-state index is 0.411. The van der Waals surface area contributed by atoms with E-state index in [1.807, 2.05) is 12.1 Å². The molecule has 1 N–H and O–H groups in total. The lowest BCUT2D eigenvalue weighted by Gasteiger charge is -2.40. The number of aromatic nitrogens is 2. The first-order chi connectivity index (χ1) is 18.5. The SMILES string of the molecule is CC[C@H]1CN(c2nc(OC[C@@H]3CCCN3C)nc3c2CCN(c2cccc4cccc(Cl)c24)C3)C[C@@H](C)N1. The van der Waals surface area contributed by atoms with E-state index < -0.39 is 0 Å². The predicted octanol–water partition coefficient (Wildman–Crippen LogP) is 4.90. The van der Waals surface area contributed by atoms with Crippen molar-refractivity contribution in [2.45, 2.75) is 64.2 Å². The fourth-order valence-corrected chi connectivity index (χ4v) is 6.70. The van der Waals surface area contributed by atoms with Crippen molar-refractivity contribution in [1.29, 1.82) is 0 Å². The first-order valence-corrected chi connectivity index (χ1v) is 14.5. The zero-order valence-corrected chi connectivity index (χ0v) is 23.5. The van der Waals surface area contributed by atoms with Crippen LogP contribution in [0.25, 0.3) is 10.8 Å². The standard InChI is InChI=1S/C30H39ClN6O/c1-4-22-17-37(16-20(2)32-22)29-24-13-15-36(27-12-6-9-21-8-5-11-25(31)28(21)27)18-26(24)33-30(34-29)38-19-23-10-7-14-35(23)3/h5-6,8-9,11-12,20,22-23,32H,4,7,10,13-19H2,1-3H3/t20-,22+,23+/m1/s1. The van der Waals surface area contributed by atoms with Gasteiger partial charge in [0, 0.05) is 54.4 Å². The molecule has 3 aliphatic heterocycles. The average Bonchev–Trinajstić information content (AvgIpc) is 3.35. The predicted molar refractivity (Wildman–Crippen MR) is 156 cm³/mol. The Morgan fingerprint density at radius 2 is 1.92 bits per heavy atom. The summed E-state index contributed by atoms with van der Waals surface area (Å²) in [7, 11) is 2.18. The zero-order chi connectivity index (χ0) is 26.2. The smallest absolute Gasteiger partial charge is 0.318 e. The van der Waals surface area contributed by atoms with Crippen LogP contribution < -0.4 is 19.9 Å². The summed E-state index contributed by atoms with van der Waals surface area (Å²) < 4.78 is 6.32. The summed E-state index contributed by atoms with van der Waals surface area (Å²) in [6.45, 7) is 9.79. The maximum Gasteiger partial charge on any atom is 0.318 e. The minimum Gasteiger partial charge on any atom is -0.462 e. The quantitative estimate of drug-likeness (QED) is 0.483. The molecule has 2 fully saturated rings. The van der Waals surface area contributed by atoms with Crippen LogP contribution in [0.1, 0.15) is 44.4 Å². The molecule has 6 rings (SSSR count). The van der Waals surface area contributed by atoms with Gasteiger partial charge in [-0.15, -0.1) is 0 Å². The first-order valence-electron chi connectivity index (χ1n) is 14.2. The monoisotopic (exact) mass is 534 g/mol. The molecule has 3 atom stereocenters. The second kappa shape index (κ2) is 10.9. The highest BCUT2D eigenvalue weighted by Gasteiger charge is 2.31. The van der Waals surface area contributed by atoms with E-state index in [1.165, 1.54) is 12.0 Å². The largest absolute Gasteiger partial charge is 0.462 e. The second-order valence-corrected chi connectivity index (χ2v) is 11.6. The Labute approximate surface area is 231 Å². The highest BCUT2D eigenvalue weighted by Crippen LogP contribution is 2.37. The molecular weight excluding hydrogens is 496 g/mol. The second-order valence-electron chi connectivity index (χ2n) is 11.2. The summed E-state index contributed by atoms with van der Waals surface area (Å²) in [5.74, 6) is 1.06. The summed E-state index contributed by atoms with van der Waals surface area (Å²) >= 11 is 6.70. The van der Waals surface area contributed by atoms with E-state index in [-0.39, 0.29) is 0 Å². The van der Waals surface area contributed by atoms with Gasteiger partial charge in [-0.2, -0.15) is 9.97 Å². The number of benzene rings is 2. The van der Waals surface area contributed by atoms with E-state index >= 15 is 0 Å². The van der Waals surface area contributed by atoms with E-state index in [1.54, 1.807) is 0 Å². The first kappa shape index (κ1) is 25.7. The molecule has 202 valence electrons. The fourth-order valence-electron chi connectivity index (χ4n) is 6.42. The van der Waals surface area contributed by atoms with Crippen molar-refractivity contribution in [1.82, 2.24) is 20.2 Å². The summed E-state index contributed by atoms with van der Waals surface area (Å²) in [6, 6.07) is 14.4. The van der Waals surface area contributed by atoms with Gasteiger partial charge in [0.1, 0.15) is 12.4 Å². The van der Waals surface area contributed by atoms with Gasteiger partial charge in [0.25, 0.3) is 0 Å². The normalized spacial score (nSPS) is 24.2. The van der Waals surface area contributed by atoms with Gasteiger partial charge >= 0.3 is 6.01 Å². The van der Waals surface area contributed by atoms with Crippen LogP contribution in [0.3, 0.4) is 0 Å². The van der Waals surface area contributed by atoms with Crippen molar-refractivity contribution < 1.29 is 4.74 Å². The van der Waals surface area contributed by atoms with Crippen LogP contribution in [0.2, 0.25) is 5.02 Å². The van der Waals surface area contributed by atoms with E-state index in [2.05, 4.69) is 65.2 Å². The number of hydrogen-bond donors (Lipinski definition) is 1. The Hall–Kier alpha value is -2.61. The van der Waals surface area contributed by atoms with Crippen molar-refractivity contribution in [3.8, 4) is 6.01 Å². The number of likely N-dealkylation sites (tertiary alicyclic amines) is 1. The number of ether oxygens (including phenoxy) is 1. The molecule has 0 unspecified atom stereocenters. The van der Waals surface area contributed by atoms with E-state index in [0.717, 1.165) is 78.4 Å². The third-order valence-electron chi connectivity index (χ3n) is 8.52. The Bertz CT molecular complexity index is 1300. The molecule has 0 saturated carbocycles. The van der Waals surface area contributed by atoms with Gasteiger partial charge in [-0.1, -0.05) is 42.8 Å². The molecule has 2 aromatic carbocycles. The minimum absolute atomic E-state index is 0.411. The Morgan fingerprint density at radius 1 is 1.08 bits per heavy atom. The molecule has 0 radical (unpaired) electrons. The molecule has 38 heavy (non-hydrogen) atoms. The van der Waals surface area contributed by atoms with Crippen molar-refractivity contribution in [2.24, 2.45) is 0 Å². The van der Waals surface area contributed by atoms with Gasteiger partial charge in [-0.25, -0.2) is 0 Å². The molecule has 0 spiro atoms. The molecular formula is C30H39ClN6O. The summed E-state index contributed by atoms with van der Waals surface area (Å²) in [5.41, 5.74) is 3.50. The number of nitrogens with one attached hydrogen (secondary N) is 1. The Kier molecular flexibility index (Phi) is 7.34. The van der Waals surface area contributed by atoms with Crippen LogP contribution in [-0.2, 0) is 13.0 Å². The van der Waals surface area contributed by atoms with Crippen molar-refractivity contribution in [3.63, 3.8) is 0 Å². The molecule has 0 aliphatic carbocycles. The van der Waals surface area contributed by atoms with Crippen LogP contribution in [0.4, 0.5) is 11.5 Å². The van der Waals surface area contributed by atoms with Gasteiger partial charge in [0.05, 0.1) is 17.3 Å². The van der Waals surface area contributed by atoms with Crippen LogP contribution in [0.15, 0.2) is 36.4 Å². The maximum absolute atomic E-state index is 6.70. The fraction of sp³-hybridized carbons (Fsp3) is 0.533. The Balaban J connectivity index is 1.35. The van der Waals surface area contributed by atoms with Crippen LogP contribution in [-0.4, -0.2) is 72.8 Å². The third kappa shape index (κ3) is 5.04. The highest BCUT2D eigenvalue weighted by molar-refractivity contribution is 6.36. The molecule has 2 saturated heterocycles. The maximum atomic E-state index is 6.70. The van der Waals surface area contributed by atoms with Gasteiger partial charge < -0.3 is 24.8 Å². The van der Waals surface area contributed by atoms with Gasteiger partial charge in [-0.05, 0) is 63.7 Å². The van der Waals surface area contributed by atoms with Gasteiger partial charge in [-0.3, -0.25) is 0 Å². The van der Waals surface area contributed by atoms with E-state index in [4.69, 9.17) is 26.3 Å². The van der Waals surface area contributed by atoms with Crippen LogP contribution >= 0.6 is 11.6 Å². The van der Waals surface area contributed by atoms with Crippen molar-refractivity contribution >= 4 is 33.9 Å². The molecule has 0 amide bonds. The number of halogens is 1. The number of piperazine rings is 1. The molecule has 7 nitrogen and oxygen atoms in total. The lowest BCUT2D eigenvalue weighted by molar-refractivity contribution is 0.187. The van der Waals surface area contributed by atoms with Crippen LogP contribution in [0.5, 0.6) is 6.01 Å². The van der Waals surface area contributed by atoms with E-state index in [0.29, 0.717) is 37.3 Å². The zero-order valence-electron chi connectivity index (χ0n) is 22.8. The average molecular weight is 535 g/mol. The van der Waals surface area contributed by atoms with E-state index in [9.17, 15) is 0 Å². The number of anilines is 2. The summed E-state index contributed by atoms with van der Waals surface area (Å²) in [4.78, 5) is 17.4. The summed E-state index contributed by atoms with van der Waals surface area (Å²) in [6.07, 6.45) is 4.38. The molecule has 0 bridgehead atoms. The molecule has 3 aliphatic rings. The number of rotatable bonds is 6. The number of nitrogens with zero attached hydrogens (tertiary/aromatic N) is 5. The van der Waals surface area contributed by atoms with Gasteiger partial charge in [0.15, 0.2) is 0 Å². The molecule has 3 aromatic rings. The van der Waals surface area contributed by atoms with Gasteiger partial charge in [0.2, 0.25) is 0 Å². The lowest BCUT2D eigenvalue weighted by atomic mass is 10.0. The Morgan fingerprint density at radius 3 is 2.71 bits per heavy atom. The topological polar surface area (TPSA) is 56.8 Å². The summed E-state index contributed by atoms with van der Waals surface area (Å²) in [5, 5.41) is 6.79. The highest BCUT2D eigenvalue weighted by atomic mass is 35.5. The number of hydrogen-bond acceptors (Lipinski definition) is 7. The number of likely N-dealkylation sites (N-methyl/N-ethyl adjacent to an activating group) is 1. The third-order valence-corrected chi connectivity index (χ3v) is 8.83. The molecule has 8 heteroatoms. The van der Waals surface area contributed by atoms with Crippen LogP contribution in [0, 0.1) is 0 Å². The van der Waals surface area contributed by atoms with Crippen molar-refractivity contribution in [3.05, 3.63) is 52.7 Å². The lowest BCUT2D eigenvalue weighted by Crippen LogP contribution is -2.56. The van der Waals surface area contributed by atoms with Crippen molar-refractivity contribution in [2.75, 3.05) is 49.6 Å².